The lowest BCUT2D eigenvalue weighted by Crippen LogP contribution is -2.42. The van der Waals surface area contributed by atoms with Crippen LogP contribution in [0.1, 0.15) is 38.9 Å². The van der Waals surface area contributed by atoms with Gasteiger partial charge in [-0.2, -0.15) is 0 Å². The summed E-state index contributed by atoms with van der Waals surface area (Å²) >= 11 is 1.89. The lowest BCUT2D eigenvalue weighted by atomic mass is 9.87. The van der Waals surface area contributed by atoms with Crippen molar-refractivity contribution < 1.29 is 0 Å². The van der Waals surface area contributed by atoms with Gasteiger partial charge in [-0.15, -0.1) is 10.2 Å². The van der Waals surface area contributed by atoms with Crippen LogP contribution in [0.2, 0.25) is 0 Å². The number of nitrogens with one attached hydrogen (secondary N) is 1. The Hall–Kier alpha value is -0.550. The van der Waals surface area contributed by atoms with Crippen LogP contribution in [0.4, 0.5) is 0 Å². The van der Waals surface area contributed by atoms with Gasteiger partial charge in [0.2, 0.25) is 0 Å². The third kappa shape index (κ3) is 3.06. The Labute approximate surface area is 114 Å². The number of hydrogen-bond donors (Lipinski definition) is 1. The summed E-state index contributed by atoms with van der Waals surface area (Å²) in [6.45, 7) is 7.60. The van der Waals surface area contributed by atoms with Gasteiger partial charge in [0.15, 0.2) is 5.16 Å². The molecule has 1 heterocycles. The van der Waals surface area contributed by atoms with Crippen LogP contribution in [0.25, 0.3) is 0 Å². The second kappa shape index (κ2) is 6.06. The van der Waals surface area contributed by atoms with Gasteiger partial charge >= 0.3 is 0 Å². The van der Waals surface area contributed by atoms with Crippen molar-refractivity contribution in [1.82, 2.24) is 20.1 Å². The monoisotopic (exact) mass is 268 g/mol. The van der Waals surface area contributed by atoms with E-state index in [1.807, 2.05) is 25.7 Å². The summed E-state index contributed by atoms with van der Waals surface area (Å²) in [7, 11) is 2.05. The molecule has 1 aromatic heterocycles. The molecular weight excluding hydrogens is 244 g/mol. The fraction of sp³-hybridized carbons (Fsp3) is 0.846. The maximum atomic E-state index is 4.28. The van der Waals surface area contributed by atoms with Crippen LogP contribution >= 0.6 is 11.8 Å². The Balaban J connectivity index is 2.06. The second-order valence-electron chi connectivity index (χ2n) is 5.33. The van der Waals surface area contributed by atoms with Crippen molar-refractivity contribution in [3.05, 3.63) is 5.82 Å². The molecule has 5 heteroatoms. The molecule has 0 bridgehead atoms. The van der Waals surface area contributed by atoms with E-state index in [2.05, 4.69) is 33.9 Å². The summed E-state index contributed by atoms with van der Waals surface area (Å²) in [5, 5.41) is 13.7. The van der Waals surface area contributed by atoms with E-state index in [1.165, 1.54) is 19.3 Å². The minimum absolute atomic E-state index is 0.619. The van der Waals surface area contributed by atoms with Gasteiger partial charge in [0, 0.05) is 18.3 Å². The largest absolute Gasteiger partial charge is 0.313 e. The molecule has 1 N–H and O–H groups in total. The van der Waals surface area contributed by atoms with E-state index in [0.717, 1.165) is 23.4 Å². The third-order valence-electron chi connectivity index (χ3n) is 3.83. The molecular formula is C13H24N4S. The standard InChI is InChI=1S/C13H24N4S/c1-5-14-11-7-6-9(2)8-12(11)18-13-16-15-10(3)17(13)4/h9,11-12,14H,5-8H2,1-4H3. The molecule has 102 valence electrons. The minimum atomic E-state index is 0.619. The van der Waals surface area contributed by atoms with E-state index < -0.39 is 0 Å². The maximum absolute atomic E-state index is 4.28. The molecule has 0 aliphatic heterocycles. The average Bonchev–Trinajstić information content (AvgIpc) is 2.65. The molecule has 1 aliphatic rings. The Kier molecular flexibility index (Phi) is 4.67. The summed E-state index contributed by atoms with van der Waals surface area (Å²) in [5.74, 6) is 1.81. The molecule has 3 unspecified atom stereocenters. The second-order valence-corrected chi connectivity index (χ2v) is 6.53. The first kappa shape index (κ1) is 13.9. The Morgan fingerprint density at radius 3 is 2.78 bits per heavy atom. The van der Waals surface area contributed by atoms with E-state index in [1.54, 1.807) is 0 Å². The number of rotatable bonds is 4. The lowest BCUT2D eigenvalue weighted by Gasteiger charge is -2.34. The quantitative estimate of drug-likeness (QED) is 0.910. The van der Waals surface area contributed by atoms with Gasteiger partial charge in [-0.3, -0.25) is 0 Å². The normalized spacial score (nSPS) is 28.6. The van der Waals surface area contributed by atoms with Crippen LogP contribution in [0.3, 0.4) is 0 Å². The van der Waals surface area contributed by atoms with E-state index in [9.17, 15) is 0 Å². The zero-order chi connectivity index (χ0) is 13.1. The van der Waals surface area contributed by atoms with E-state index in [0.29, 0.717) is 11.3 Å². The predicted octanol–water partition coefficient (Wildman–Crippen LogP) is 2.38. The molecule has 1 saturated carbocycles. The van der Waals surface area contributed by atoms with Gasteiger partial charge in [0.25, 0.3) is 0 Å². The van der Waals surface area contributed by atoms with Gasteiger partial charge < -0.3 is 9.88 Å². The van der Waals surface area contributed by atoms with Crippen molar-refractivity contribution in [3.63, 3.8) is 0 Å². The molecule has 0 spiro atoms. The molecule has 0 saturated heterocycles. The van der Waals surface area contributed by atoms with Crippen LogP contribution in [-0.4, -0.2) is 32.6 Å². The fourth-order valence-electron chi connectivity index (χ4n) is 2.58. The maximum Gasteiger partial charge on any atom is 0.191 e. The lowest BCUT2D eigenvalue weighted by molar-refractivity contribution is 0.320. The number of aryl methyl sites for hydroxylation is 1. The van der Waals surface area contributed by atoms with Crippen LogP contribution in [0, 0.1) is 12.8 Å². The highest BCUT2D eigenvalue weighted by atomic mass is 32.2. The first-order valence-electron chi connectivity index (χ1n) is 6.87. The Morgan fingerprint density at radius 1 is 1.39 bits per heavy atom. The van der Waals surface area contributed by atoms with Gasteiger partial charge in [0.1, 0.15) is 5.82 Å². The van der Waals surface area contributed by atoms with Crippen molar-refractivity contribution in [2.45, 2.75) is 56.5 Å². The molecule has 1 aliphatic carbocycles. The van der Waals surface area contributed by atoms with Crippen molar-refractivity contribution in [1.29, 1.82) is 0 Å². The predicted molar refractivity (Wildman–Crippen MR) is 75.9 cm³/mol. The summed E-state index contributed by atoms with van der Waals surface area (Å²) in [4.78, 5) is 0. The number of thioether (sulfide) groups is 1. The zero-order valence-electron chi connectivity index (χ0n) is 11.8. The highest BCUT2D eigenvalue weighted by Gasteiger charge is 2.30. The van der Waals surface area contributed by atoms with Crippen LogP contribution in [0.15, 0.2) is 5.16 Å². The average molecular weight is 268 g/mol. The third-order valence-corrected chi connectivity index (χ3v) is 5.22. The molecule has 2 rings (SSSR count). The van der Waals surface area contributed by atoms with Gasteiger partial charge in [-0.1, -0.05) is 25.6 Å². The van der Waals surface area contributed by atoms with Crippen LogP contribution < -0.4 is 5.32 Å². The highest BCUT2D eigenvalue weighted by molar-refractivity contribution is 7.99. The number of nitrogens with zero attached hydrogens (tertiary/aromatic N) is 3. The SMILES string of the molecule is CCNC1CCC(C)CC1Sc1nnc(C)n1C. The van der Waals surface area contributed by atoms with Crippen LogP contribution in [-0.2, 0) is 7.05 Å². The van der Waals surface area contributed by atoms with Gasteiger partial charge in [0.05, 0.1) is 0 Å². The molecule has 0 aromatic carbocycles. The smallest absolute Gasteiger partial charge is 0.191 e. The number of hydrogen-bond acceptors (Lipinski definition) is 4. The van der Waals surface area contributed by atoms with Crippen molar-refractivity contribution >= 4 is 11.8 Å². The van der Waals surface area contributed by atoms with Crippen molar-refractivity contribution in [2.24, 2.45) is 13.0 Å². The highest BCUT2D eigenvalue weighted by Crippen LogP contribution is 2.35. The summed E-state index contributed by atoms with van der Waals surface area (Å²) in [6, 6.07) is 0.619. The molecule has 4 nitrogen and oxygen atoms in total. The van der Waals surface area contributed by atoms with Crippen molar-refractivity contribution in [2.75, 3.05) is 6.54 Å². The summed E-state index contributed by atoms with van der Waals surface area (Å²) < 4.78 is 2.09. The molecule has 1 aromatic rings. The molecule has 1 fully saturated rings. The Morgan fingerprint density at radius 2 is 2.17 bits per heavy atom. The van der Waals surface area contributed by atoms with Gasteiger partial charge in [-0.05, 0) is 38.6 Å². The van der Waals surface area contributed by atoms with E-state index in [-0.39, 0.29) is 0 Å². The topological polar surface area (TPSA) is 42.7 Å². The first-order chi connectivity index (χ1) is 8.61. The van der Waals surface area contributed by atoms with Gasteiger partial charge in [-0.25, -0.2) is 0 Å². The molecule has 18 heavy (non-hydrogen) atoms. The molecule has 0 radical (unpaired) electrons. The number of aromatic nitrogens is 3. The summed E-state index contributed by atoms with van der Waals surface area (Å²) in [6.07, 6.45) is 3.89. The first-order valence-corrected chi connectivity index (χ1v) is 7.75. The minimum Gasteiger partial charge on any atom is -0.313 e. The zero-order valence-corrected chi connectivity index (χ0v) is 12.6. The molecule has 0 amide bonds. The Bertz CT molecular complexity index is 390. The summed E-state index contributed by atoms with van der Waals surface area (Å²) in [5.41, 5.74) is 0. The van der Waals surface area contributed by atoms with E-state index in [4.69, 9.17) is 0 Å². The van der Waals surface area contributed by atoms with Crippen LogP contribution in [0.5, 0.6) is 0 Å². The van der Waals surface area contributed by atoms with Crippen molar-refractivity contribution in [3.8, 4) is 0 Å². The van der Waals surface area contributed by atoms with E-state index >= 15 is 0 Å². The fourth-order valence-corrected chi connectivity index (χ4v) is 4.05. The molecule has 3 atom stereocenters.